The van der Waals surface area contributed by atoms with E-state index in [0.717, 1.165) is 0 Å². The van der Waals surface area contributed by atoms with Crippen LogP contribution in [0.15, 0.2) is 0 Å². The van der Waals surface area contributed by atoms with Gasteiger partial charge < -0.3 is 27.5 Å². The molecule has 168 valence electrons. The zero-order valence-electron chi connectivity index (χ0n) is 20.1. The molecule has 10 heteroatoms. The first-order valence-corrected chi connectivity index (χ1v) is 23.9. The van der Waals surface area contributed by atoms with Gasteiger partial charge in [0.25, 0.3) is 0 Å². The Morgan fingerprint density at radius 1 is 0.607 bits per heavy atom. The van der Waals surface area contributed by atoms with E-state index in [1.54, 1.807) is 0 Å². The minimum Gasteiger partial charge on any atom is -0.415 e. The van der Waals surface area contributed by atoms with Gasteiger partial charge >= 0.3 is 0 Å². The third kappa shape index (κ3) is 10.1. The van der Waals surface area contributed by atoms with Gasteiger partial charge in [0.05, 0.1) is 6.61 Å². The number of rotatable bonds is 9. The third-order valence-corrected chi connectivity index (χ3v) is 7.73. The molecule has 1 aliphatic heterocycles. The summed E-state index contributed by atoms with van der Waals surface area (Å²) in [5, 5.41) is 10.8. The van der Waals surface area contributed by atoms with Crippen LogP contribution in [0.2, 0.25) is 78.6 Å². The monoisotopic (exact) mass is 468 g/mol. The van der Waals surface area contributed by atoms with E-state index in [0.29, 0.717) is 6.61 Å². The van der Waals surface area contributed by atoms with Crippen LogP contribution in [0.3, 0.4) is 0 Å². The molecule has 1 aliphatic rings. The fraction of sp³-hybridized carbons (Fsp3) is 1.00. The predicted molar refractivity (Wildman–Crippen MR) is 125 cm³/mol. The second-order valence-electron chi connectivity index (χ2n) is 11.6. The van der Waals surface area contributed by atoms with Gasteiger partial charge in [0.1, 0.15) is 24.4 Å². The highest BCUT2D eigenvalue weighted by molar-refractivity contribution is 6.71. The van der Waals surface area contributed by atoms with Crippen molar-refractivity contribution in [2.75, 3.05) is 6.61 Å². The van der Waals surface area contributed by atoms with E-state index < -0.39 is 45.7 Å². The molecule has 1 unspecified atom stereocenters. The van der Waals surface area contributed by atoms with E-state index in [-0.39, 0.29) is 18.3 Å². The number of aliphatic hydroxyl groups excluding tert-OH is 1. The van der Waals surface area contributed by atoms with Crippen LogP contribution < -0.4 is 0 Å². The summed E-state index contributed by atoms with van der Waals surface area (Å²) in [6.45, 7) is 26.1. The molecular formula is C18H44O6Si4. The van der Waals surface area contributed by atoms with Crippen LogP contribution in [0.4, 0.5) is 0 Å². The molecule has 28 heavy (non-hydrogen) atoms. The molecule has 5 atom stereocenters. The molecule has 0 bridgehead atoms. The lowest BCUT2D eigenvalue weighted by Crippen LogP contribution is -2.66. The van der Waals surface area contributed by atoms with Gasteiger partial charge in [0.2, 0.25) is 0 Å². The number of hydrogen-bond acceptors (Lipinski definition) is 6. The van der Waals surface area contributed by atoms with Crippen molar-refractivity contribution in [1.82, 2.24) is 0 Å². The molecule has 6 nitrogen and oxygen atoms in total. The maximum absolute atomic E-state index is 10.8. The quantitative estimate of drug-likeness (QED) is 0.511. The summed E-state index contributed by atoms with van der Waals surface area (Å²) in [4.78, 5) is 0. The normalized spacial score (nSPS) is 30.5. The maximum Gasteiger partial charge on any atom is 0.184 e. The van der Waals surface area contributed by atoms with Gasteiger partial charge in [-0.1, -0.05) is 0 Å². The average Bonchev–Trinajstić information content (AvgIpc) is 2.39. The van der Waals surface area contributed by atoms with Crippen LogP contribution in [-0.2, 0) is 22.4 Å². The average molecular weight is 469 g/mol. The molecule has 0 amide bonds. The van der Waals surface area contributed by atoms with Crippen LogP contribution in [0.5, 0.6) is 0 Å². The first-order chi connectivity index (χ1) is 12.3. The molecule has 1 fully saturated rings. The second-order valence-corrected chi connectivity index (χ2v) is 29.5. The van der Waals surface area contributed by atoms with Crippen LogP contribution in [0, 0.1) is 0 Å². The van der Waals surface area contributed by atoms with Gasteiger partial charge in [-0.05, 0) is 78.6 Å². The number of aliphatic hydroxyl groups is 1. The van der Waals surface area contributed by atoms with Crippen molar-refractivity contribution in [2.45, 2.75) is 109 Å². The molecule has 0 spiro atoms. The van der Waals surface area contributed by atoms with Crippen molar-refractivity contribution in [3.63, 3.8) is 0 Å². The first-order valence-electron chi connectivity index (χ1n) is 10.3. The molecule has 1 heterocycles. The first kappa shape index (κ1) is 26.7. The largest absolute Gasteiger partial charge is 0.415 e. The van der Waals surface area contributed by atoms with Gasteiger partial charge in [-0.15, -0.1) is 0 Å². The summed E-state index contributed by atoms with van der Waals surface area (Å²) in [7, 11) is -7.50. The van der Waals surface area contributed by atoms with Gasteiger partial charge in [-0.25, -0.2) is 0 Å². The highest BCUT2D eigenvalue weighted by Gasteiger charge is 2.51. The Labute approximate surface area is 176 Å². The summed E-state index contributed by atoms with van der Waals surface area (Å²) in [6, 6.07) is 0. The zero-order chi connectivity index (χ0) is 22.1. The summed E-state index contributed by atoms with van der Waals surface area (Å²) < 4.78 is 31.7. The minimum absolute atomic E-state index is 0.320. The SMILES string of the molecule is C[Si](C)(C)OCC1O[C@H](O)[C@H](O[Si](C)(C)C)[C@@H](O[Si](C)(C)C)[C@@H]1O[Si](C)(C)C. The van der Waals surface area contributed by atoms with Crippen molar-refractivity contribution in [1.29, 1.82) is 0 Å². The van der Waals surface area contributed by atoms with Gasteiger partial charge in [-0.3, -0.25) is 0 Å². The Morgan fingerprint density at radius 2 is 1.00 bits per heavy atom. The summed E-state index contributed by atoms with van der Waals surface area (Å²) in [5.74, 6) is 0. The molecule has 0 saturated carbocycles. The molecule has 0 radical (unpaired) electrons. The number of hydrogen-bond donors (Lipinski definition) is 1. The fourth-order valence-electron chi connectivity index (χ4n) is 2.99. The predicted octanol–water partition coefficient (Wildman–Crippen LogP) is 4.22. The number of ether oxygens (including phenoxy) is 1. The highest BCUT2D eigenvalue weighted by Crippen LogP contribution is 2.33. The summed E-state index contributed by atoms with van der Waals surface area (Å²) >= 11 is 0. The van der Waals surface area contributed by atoms with E-state index in [1.165, 1.54) is 0 Å². The van der Waals surface area contributed by atoms with Gasteiger partial charge in [0, 0.05) is 0 Å². The lowest BCUT2D eigenvalue weighted by Gasteiger charge is -2.49. The Hall–Kier alpha value is 0.628. The van der Waals surface area contributed by atoms with Crippen LogP contribution >= 0.6 is 0 Å². The standard InChI is InChI=1S/C18H44O6Si4/c1-25(2,3)20-13-14-15(22-26(4,5)6)16(23-27(7,8)9)17(18(19)21-14)24-28(10,11)12/h14-19H,13H2,1-12H3/t14?,15-,16+,17-,18+/m1/s1. The molecule has 0 aromatic heterocycles. The zero-order valence-corrected chi connectivity index (χ0v) is 24.1. The Kier molecular flexibility index (Phi) is 8.96. The molecule has 0 aromatic rings. The molecule has 0 aliphatic carbocycles. The molecule has 1 rings (SSSR count). The van der Waals surface area contributed by atoms with Crippen LogP contribution in [0.1, 0.15) is 0 Å². The molecular weight excluding hydrogens is 425 g/mol. The van der Waals surface area contributed by atoms with Crippen LogP contribution in [0.25, 0.3) is 0 Å². The fourth-order valence-corrected chi connectivity index (χ4v) is 6.91. The molecule has 1 N–H and O–H groups in total. The van der Waals surface area contributed by atoms with E-state index in [9.17, 15) is 5.11 Å². The van der Waals surface area contributed by atoms with E-state index >= 15 is 0 Å². The Morgan fingerprint density at radius 3 is 1.39 bits per heavy atom. The third-order valence-electron chi connectivity index (χ3n) is 3.76. The smallest absolute Gasteiger partial charge is 0.184 e. The van der Waals surface area contributed by atoms with Crippen molar-refractivity contribution < 1.29 is 27.5 Å². The lowest BCUT2D eigenvalue weighted by molar-refractivity contribution is -0.274. The highest BCUT2D eigenvalue weighted by atomic mass is 28.4. The summed E-state index contributed by atoms with van der Waals surface area (Å²) in [5.41, 5.74) is 0. The van der Waals surface area contributed by atoms with E-state index in [2.05, 4.69) is 78.6 Å². The summed E-state index contributed by atoms with van der Waals surface area (Å²) in [6.07, 6.45) is -2.67. The molecule has 1 saturated heterocycles. The Bertz CT molecular complexity index is 492. The van der Waals surface area contributed by atoms with Gasteiger partial charge in [-0.2, -0.15) is 0 Å². The van der Waals surface area contributed by atoms with Crippen LogP contribution in [-0.4, -0.2) is 75.7 Å². The maximum atomic E-state index is 10.8. The lowest BCUT2D eigenvalue weighted by atomic mass is 9.99. The topological polar surface area (TPSA) is 66.4 Å². The second kappa shape index (κ2) is 9.41. The van der Waals surface area contributed by atoms with Crippen molar-refractivity contribution in [3.8, 4) is 0 Å². The van der Waals surface area contributed by atoms with Crippen molar-refractivity contribution in [2.24, 2.45) is 0 Å². The minimum atomic E-state index is -1.94. The van der Waals surface area contributed by atoms with Crippen molar-refractivity contribution >= 4 is 33.3 Å². The van der Waals surface area contributed by atoms with E-state index in [1.807, 2.05) is 0 Å². The van der Waals surface area contributed by atoms with Gasteiger partial charge in [0.15, 0.2) is 39.6 Å². The van der Waals surface area contributed by atoms with E-state index in [4.69, 9.17) is 22.4 Å². The van der Waals surface area contributed by atoms with Crippen molar-refractivity contribution in [3.05, 3.63) is 0 Å². The Balaban J connectivity index is 3.26. The molecule has 0 aromatic carbocycles.